The molecular weight excluding hydrogens is 324 g/mol. The summed E-state index contributed by atoms with van der Waals surface area (Å²) < 4.78 is 0. The maximum atomic E-state index is 12.3. The van der Waals surface area contributed by atoms with E-state index in [1.54, 1.807) is 30.5 Å². The van der Waals surface area contributed by atoms with Gasteiger partial charge in [-0.25, -0.2) is 4.98 Å². The Morgan fingerprint density at radius 1 is 1.08 bits per heavy atom. The van der Waals surface area contributed by atoms with Crippen LogP contribution in [0.4, 0.5) is 11.4 Å². The number of anilines is 2. The van der Waals surface area contributed by atoms with Crippen molar-refractivity contribution in [2.45, 2.75) is 13.5 Å². The maximum absolute atomic E-state index is 12.3. The molecule has 0 bridgehead atoms. The van der Waals surface area contributed by atoms with Crippen LogP contribution < -0.4 is 10.6 Å². The Labute approximate surface area is 152 Å². The summed E-state index contributed by atoms with van der Waals surface area (Å²) in [6, 6.07) is 20.7. The molecule has 1 heterocycles. The first kappa shape index (κ1) is 17.2. The number of carbonyl (C=O) groups is 1. The fourth-order valence-corrected chi connectivity index (χ4v) is 2.51. The molecule has 5 heteroatoms. The van der Waals surface area contributed by atoms with Gasteiger partial charge in [0.1, 0.15) is 5.69 Å². The number of aryl methyl sites for hydroxylation is 1. The van der Waals surface area contributed by atoms with Crippen molar-refractivity contribution in [1.82, 2.24) is 10.3 Å². The molecule has 26 heavy (non-hydrogen) atoms. The van der Waals surface area contributed by atoms with Crippen LogP contribution >= 0.6 is 0 Å². The molecular formula is C21H18N4O. The quantitative estimate of drug-likeness (QED) is 0.736. The lowest BCUT2D eigenvalue weighted by Crippen LogP contribution is -2.24. The number of aromatic nitrogens is 1. The third-order valence-corrected chi connectivity index (χ3v) is 3.98. The highest BCUT2D eigenvalue weighted by Gasteiger charge is 2.08. The van der Waals surface area contributed by atoms with Crippen molar-refractivity contribution in [3.63, 3.8) is 0 Å². The molecule has 128 valence electrons. The minimum atomic E-state index is -0.216. The third kappa shape index (κ3) is 4.25. The molecule has 2 N–H and O–H groups in total. The standard InChI is InChI=1S/C21H18N4O/c1-15-5-2-3-7-17(15)13-24-21(26)20-10-9-19(14-23-20)25-18-8-4-6-16(11-18)12-22/h2-11,14,25H,13H2,1H3,(H,24,26). The van der Waals surface area contributed by atoms with Gasteiger partial charge in [-0.3, -0.25) is 4.79 Å². The van der Waals surface area contributed by atoms with Crippen LogP contribution in [0.3, 0.4) is 0 Å². The molecule has 0 unspecified atom stereocenters. The average molecular weight is 342 g/mol. The summed E-state index contributed by atoms with van der Waals surface area (Å²) in [4.78, 5) is 16.5. The maximum Gasteiger partial charge on any atom is 0.270 e. The molecule has 0 saturated heterocycles. The van der Waals surface area contributed by atoms with Gasteiger partial charge in [-0.15, -0.1) is 0 Å². The van der Waals surface area contributed by atoms with Crippen molar-refractivity contribution in [3.05, 3.63) is 89.2 Å². The molecule has 0 aliphatic carbocycles. The first-order valence-corrected chi connectivity index (χ1v) is 8.21. The largest absolute Gasteiger partial charge is 0.354 e. The van der Waals surface area contributed by atoms with E-state index in [0.717, 1.165) is 22.5 Å². The van der Waals surface area contributed by atoms with Gasteiger partial charge in [-0.2, -0.15) is 5.26 Å². The second-order valence-electron chi connectivity index (χ2n) is 5.86. The zero-order valence-electron chi connectivity index (χ0n) is 14.4. The zero-order valence-corrected chi connectivity index (χ0v) is 14.4. The molecule has 3 rings (SSSR count). The van der Waals surface area contributed by atoms with Crippen molar-refractivity contribution < 1.29 is 4.79 Å². The van der Waals surface area contributed by atoms with Gasteiger partial charge in [0.15, 0.2) is 0 Å². The number of pyridine rings is 1. The summed E-state index contributed by atoms with van der Waals surface area (Å²) in [7, 11) is 0. The normalized spacial score (nSPS) is 10.0. The molecule has 5 nitrogen and oxygen atoms in total. The van der Waals surface area contributed by atoms with Gasteiger partial charge in [0.2, 0.25) is 0 Å². The van der Waals surface area contributed by atoms with E-state index in [-0.39, 0.29) is 5.91 Å². The first-order chi connectivity index (χ1) is 12.7. The van der Waals surface area contributed by atoms with Crippen LogP contribution in [0.2, 0.25) is 0 Å². The Hall–Kier alpha value is -3.65. The van der Waals surface area contributed by atoms with Crippen LogP contribution in [0.25, 0.3) is 0 Å². The smallest absolute Gasteiger partial charge is 0.270 e. The highest BCUT2D eigenvalue weighted by atomic mass is 16.1. The van der Waals surface area contributed by atoms with E-state index in [2.05, 4.69) is 21.7 Å². The second-order valence-corrected chi connectivity index (χ2v) is 5.86. The van der Waals surface area contributed by atoms with E-state index >= 15 is 0 Å². The monoisotopic (exact) mass is 342 g/mol. The van der Waals surface area contributed by atoms with Crippen molar-refractivity contribution in [2.24, 2.45) is 0 Å². The predicted molar refractivity (Wildman–Crippen MR) is 101 cm³/mol. The molecule has 3 aromatic rings. The van der Waals surface area contributed by atoms with Crippen LogP contribution in [0.5, 0.6) is 0 Å². The average Bonchev–Trinajstić information content (AvgIpc) is 2.68. The molecule has 0 saturated carbocycles. The number of nitrogens with one attached hydrogen (secondary N) is 2. The number of nitrogens with zero attached hydrogens (tertiary/aromatic N) is 2. The SMILES string of the molecule is Cc1ccccc1CNC(=O)c1ccc(Nc2cccc(C#N)c2)cn1. The summed E-state index contributed by atoms with van der Waals surface area (Å²) in [5.41, 5.74) is 4.69. The predicted octanol–water partition coefficient (Wildman–Crippen LogP) is 3.94. The number of carbonyl (C=O) groups excluding carboxylic acids is 1. The fourth-order valence-electron chi connectivity index (χ4n) is 2.51. The molecule has 1 amide bonds. The van der Waals surface area contributed by atoms with E-state index in [1.807, 2.05) is 43.3 Å². The Morgan fingerprint density at radius 3 is 2.65 bits per heavy atom. The Bertz CT molecular complexity index is 958. The summed E-state index contributed by atoms with van der Waals surface area (Å²) in [6.45, 7) is 2.48. The molecule has 0 atom stereocenters. The van der Waals surface area contributed by atoms with E-state index in [1.165, 1.54) is 0 Å². The Morgan fingerprint density at radius 2 is 1.92 bits per heavy atom. The Kier molecular flexibility index (Phi) is 5.25. The number of nitriles is 1. The molecule has 1 aromatic heterocycles. The summed E-state index contributed by atoms with van der Waals surface area (Å²) in [5, 5.41) is 15.0. The van der Waals surface area contributed by atoms with Crippen LogP contribution in [-0.2, 0) is 6.54 Å². The van der Waals surface area contributed by atoms with Crippen molar-refractivity contribution in [2.75, 3.05) is 5.32 Å². The van der Waals surface area contributed by atoms with E-state index < -0.39 is 0 Å². The van der Waals surface area contributed by atoms with Gasteiger partial charge in [0.25, 0.3) is 5.91 Å². The summed E-state index contributed by atoms with van der Waals surface area (Å²) >= 11 is 0. The van der Waals surface area contributed by atoms with Gasteiger partial charge in [-0.1, -0.05) is 30.3 Å². The lowest BCUT2D eigenvalue weighted by Gasteiger charge is -2.09. The molecule has 0 radical (unpaired) electrons. The van der Waals surface area contributed by atoms with Gasteiger partial charge >= 0.3 is 0 Å². The molecule has 0 aliphatic heterocycles. The van der Waals surface area contributed by atoms with Crippen LogP contribution in [-0.4, -0.2) is 10.9 Å². The van der Waals surface area contributed by atoms with E-state index in [9.17, 15) is 4.79 Å². The zero-order chi connectivity index (χ0) is 18.4. The fraction of sp³-hybridized carbons (Fsp3) is 0.0952. The first-order valence-electron chi connectivity index (χ1n) is 8.21. The van der Waals surface area contributed by atoms with Gasteiger partial charge in [0.05, 0.1) is 23.5 Å². The molecule has 0 fully saturated rings. The minimum Gasteiger partial charge on any atom is -0.354 e. The number of benzene rings is 2. The third-order valence-electron chi connectivity index (χ3n) is 3.98. The highest BCUT2D eigenvalue weighted by molar-refractivity contribution is 5.92. The minimum absolute atomic E-state index is 0.216. The van der Waals surface area contributed by atoms with Crippen LogP contribution in [0.1, 0.15) is 27.2 Å². The molecule has 0 aliphatic rings. The molecule has 2 aromatic carbocycles. The number of rotatable bonds is 5. The van der Waals surface area contributed by atoms with Gasteiger partial charge in [0, 0.05) is 12.2 Å². The topological polar surface area (TPSA) is 77.8 Å². The number of hydrogen-bond acceptors (Lipinski definition) is 4. The summed E-state index contributed by atoms with van der Waals surface area (Å²) in [6.07, 6.45) is 1.60. The van der Waals surface area contributed by atoms with Gasteiger partial charge < -0.3 is 10.6 Å². The Balaban J connectivity index is 1.62. The number of amides is 1. The lowest BCUT2D eigenvalue weighted by molar-refractivity contribution is 0.0946. The summed E-state index contributed by atoms with van der Waals surface area (Å²) in [5.74, 6) is -0.216. The van der Waals surface area contributed by atoms with Crippen LogP contribution in [0.15, 0.2) is 66.9 Å². The van der Waals surface area contributed by atoms with Crippen molar-refractivity contribution in [3.8, 4) is 6.07 Å². The lowest BCUT2D eigenvalue weighted by atomic mass is 10.1. The second kappa shape index (κ2) is 7.95. The van der Waals surface area contributed by atoms with Crippen LogP contribution in [0, 0.1) is 18.3 Å². The van der Waals surface area contributed by atoms with Crippen molar-refractivity contribution >= 4 is 17.3 Å². The van der Waals surface area contributed by atoms with Crippen molar-refractivity contribution in [1.29, 1.82) is 5.26 Å². The van der Waals surface area contributed by atoms with Gasteiger partial charge in [-0.05, 0) is 48.4 Å². The number of hydrogen-bond donors (Lipinski definition) is 2. The van der Waals surface area contributed by atoms with E-state index in [4.69, 9.17) is 5.26 Å². The van der Waals surface area contributed by atoms with E-state index in [0.29, 0.717) is 17.8 Å². The molecule has 0 spiro atoms. The highest BCUT2D eigenvalue weighted by Crippen LogP contribution is 2.17.